The summed E-state index contributed by atoms with van der Waals surface area (Å²) in [6.07, 6.45) is 6.99. The molecule has 0 spiro atoms. The highest BCUT2D eigenvalue weighted by atomic mass is 32.1. The summed E-state index contributed by atoms with van der Waals surface area (Å²) >= 11 is 1.84. The molecule has 1 aliphatic heterocycles. The highest BCUT2D eigenvalue weighted by Gasteiger charge is 2.41. The Labute approximate surface area is 155 Å². The maximum absolute atomic E-state index is 13.0. The van der Waals surface area contributed by atoms with E-state index < -0.39 is 0 Å². The normalized spacial score (nSPS) is 33.4. The van der Waals surface area contributed by atoms with Crippen molar-refractivity contribution in [2.75, 3.05) is 32.7 Å². The van der Waals surface area contributed by atoms with Crippen LogP contribution in [-0.2, 0) is 11.2 Å². The second kappa shape index (κ2) is 7.77. The van der Waals surface area contributed by atoms with E-state index >= 15 is 0 Å². The third-order valence-electron chi connectivity index (χ3n) is 6.70. The van der Waals surface area contributed by atoms with Crippen molar-refractivity contribution in [1.29, 1.82) is 0 Å². The minimum atomic E-state index is 0.243. The van der Waals surface area contributed by atoms with Crippen molar-refractivity contribution in [2.45, 2.75) is 44.6 Å². The molecular weight excluding hydrogens is 330 g/mol. The van der Waals surface area contributed by atoms with E-state index in [1.54, 1.807) is 0 Å². The fourth-order valence-corrected chi connectivity index (χ4v) is 5.86. The highest BCUT2D eigenvalue weighted by molar-refractivity contribution is 7.09. The number of nitrogens with zero attached hydrogens (tertiary/aromatic N) is 2. The molecule has 5 heteroatoms. The van der Waals surface area contributed by atoms with Gasteiger partial charge in [-0.15, -0.1) is 11.3 Å². The third-order valence-corrected chi connectivity index (χ3v) is 7.64. The molecule has 0 aromatic carbocycles. The number of carbonyl (C=O) groups is 1. The molecule has 2 heterocycles. The van der Waals surface area contributed by atoms with Gasteiger partial charge in [0.05, 0.1) is 0 Å². The first-order valence-electron chi connectivity index (χ1n) is 10.00. The molecule has 2 saturated carbocycles. The first kappa shape index (κ1) is 17.5. The van der Waals surface area contributed by atoms with Crippen LogP contribution in [0.25, 0.3) is 0 Å². The quantitative estimate of drug-likeness (QED) is 0.897. The van der Waals surface area contributed by atoms with Crippen LogP contribution in [0.2, 0.25) is 0 Å². The van der Waals surface area contributed by atoms with Gasteiger partial charge < -0.3 is 10.6 Å². The van der Waals surface area contributed by atoms with Gasteiger partial charge in [-0.25, -0.2) is 0 Å². The number of fused-ring (bicyclic) bond motifs is 2. The number of hydrogen-bond acceptors (Lipinski definition) is 4. The minimum Gasteiger partial charge on any atom is -0.340 e. The van der Waals surface area contributed by atoms with E-state index in [0.29, 0.717) is 23.8 Å². The summed E-state index contributed by atoms with van der Waals surface area (Å²) in [7, 11) is 0. The molecule has 2 aliphatic carbocycles. The second-order valence-corrected chi connectivity index (χ2v) is 9.23. The van der Waals surface area contributed by atoms with Crippen LogP contribution in [-0.4, -0.2) is 54.5 Å². The van der Waals surface area contributed by atoms with Crippen molar-refractivity contribution in [3.63, 3.8) is 0 Å². The maximum atomic E-state index is 13.0. The third kappa shape index (κ3) is 3.93. The Morgan fingerprint density at radius 3 is 2.52 bits per heavy atom. The van der Waals surface area contributed by atoms with Gasteiger partial charge in [0.15, 0.2) is 0 Å². The summed E-state index contributed by atoms with van der Waals surface area (Å²) in [5.74, 6) is 1.84. The zero-order valence-electron chi connectivity index (χ0n) is 15.1. The fraction of sp³-hybridized carbons (Fsp3) is 0.750. The number of thiophene rings is 1. The lowest BCUT2D eigenvalue weighted by molar-refractivity contribution is -0.140. The summed E-state index contributed by atoms with van der Waals surface area (Å²) in [6.45, 7) is 4.97. The van der Waals surface area contributed by atoms with Crippen molar-refractivity contribution < 1.29 is 4.79 Å². The zero-order valence-corrected chi connectivity index (χ0v) is 15.9. The summed E-state index contributed by atoms with van der Waals surface area (Å²) in [5.41, 5.74) is 6.39. The van der Waals surface area contributed by atoms with E-state index in [-0.39, 0.29) is 5.92 Å². The van der Waals surface area contributed by atoms with Crippen LogP contribution in [0.5, 0.6) is 0 Å². The van der Waals surface area contributed by atoms with E-state index in [1.165, 1.54) is 24.1 Å². The molecule has 138 valence electrons. The summed E-state index contributed by atoms with van der Waals surface area (Å²) in [6, 6.07) is 4.70. The average Bonchev–Trinajstić information content (AvgIpc) is 3.13. The molecule has 25 heavy (non-hydrogen) atoms. The number of carbonyl (C=O) groups excluding carboxylic acids is 1. The molecule has 1 aromatic heterocycles. The van der Waals surface area contributed by atoms with Gasteiger partial charge in [0.2, 0.25) is 5.91 Å². The Hall–Kier alpha value is -0.910. The second-order valence-electron chi connectivity index (χ2n) is 8.19. The fourth-order valence-electron chi connectivity index (χ4n) is 5.16. The van der Waals surface area contributed by atoms with E-state index in [1.807, 2.05) is 11.3 Å². The van der Waals surface area contributed by atoms with Crippen molar-refractivity contribution in [1.82, 2.24) is 9.80 Å². The molecule has 2 unspecified atom stereocenters. The first-order chi connectivity index (χ1) is 12.2. The van der Waals surface area contributed by atoms with Crippen LogP contribution in [0.15, 0.2) is 17.5 Å². The predicted octanol–water partition coefficient (Wildman–Crippen LogP) is 2.59. The van der Waals surface area contributed by atoms with Gasteiger partial charge in [-0.3, -0.25) is 9.69 Å². The van der Waals surface area contributed by atoms with Crippen molar-refractivity contribution in [3.8, 4) is 0 Å². The van der Waals surface area contributed by atoms with Gasteiger partial charge >= 0.3 is 0 Å². The number of hydrogen-bond donors (Lipinski definition) is 1. The van der Waals surface area contributed by atoms with Gasteiger partial charge in [0, 0.05) is 49.6 Å². The lowest BCUT2D eigenvalue weighted by atomic mass is 9.65. The van der Waals surface area contributed by atoms with Crippen molar-refractivity contribution >= 4 is 17.2 Å². The van der Waals surface area contributed by atoms with Crippen LogP contribution in [0.1, 0.15) is 37.0 Å². The Balaban J connectivity index is 1.25. The van der Waals surface area contributed by atoms with E-state index in [4.69, 9.17) is 5.73 Å². The molecule has 3 fully saturated rings. The van der Waals surface area contributed by atoms with Crippen molar-refractivity contribution in [2.24, 2.45) is 23.5 Å². The Kier molecular flexibility index (Phi) is 5.44. The van der Waals surface area contributed by atoms with E-state index in [0.717, 1.165) is 52.0 Å². The highest BCUT2D eigenvalue weighted by Crippen LogP contribution is 2.42. The van der Waals surface area contributed by atoms with Gasteiger partial charge in [-0.2, -0.15) is 0 Å². The SMILES string of the molecule is NC1C2CCCC1CC(C(=O)N1CCN(CCc3cccs3)CC1)C2. The minimum absolute atomic E-state index is 0.243. The molecule has 4 rings (SSSR count). The Bertz CT molecular complexity index is 554. The monoisotopic (exact) mass is 361 g/mol. The number of piperazine rings is 1. The molecule has 3 aliphatic rings. The van der Waals surface area contributed by atoms with Crippen LogP contribution in [0.4, 0.5) is 0 Å². The van der Waals surface area contributed by atoms with Gasteiger partial charge in [-0.1, -0.05) is 12.5 Å². The van der Waals surface area contributed by atoms with Crippen LogP contribution in [0, 0.1) is 17.8 Å². The van der Waals surface area contributed by atoms with E-state index in [2.05, 4.69) is 27.3 Å². The molecule has 0 radical (unpaired) electrons. The van der Waals surface area contributed by atoms with Crippen molar-refractivity contribution in [3.05, 3.63) is 22.4 Å². The Morgan fingerprint density at radius 1 is 1.16 bits per heavy atom. The molecule has 2 N–H and O–H groups in total. The standard InChI is InChI=1S/C20H31N3OS/c21-19-15-3-1-4-16(19)14-17(13-15)20(24)23-10-8-22(9-11-23)7-6-18-5-2-12-25-18/h2,5,12,15-17,19H,1,3-4,6-11,13-14,21H2. The molecule has 4 nitrogen and oxygen atoms in total. The topological polar surface area (TPSA) is 49.6 Å². The predicted molar refractivity (Wildman–Crippen MR) is 103 cm³/mol. The van der Waals surface area contributed by atoms with Crippen LogP contribution < -0.4 is 5.73 Å². The van der Waals surface area contributed by atoms with Gasteiger partial charge in [0.1, 0.15) is 0 Å². The zero-order chi connectivity index (χ0) is 17.2. The van der Waals surface area contributed by atoms with Crippen LogP contribution in [0.3, 0.4) is 0 Å². The largest absolute Gasteiger partial charge is 0.340 e. The molecule has 1 saturated heterocycles. The number of rotatable bonds is 4. The van der Waals surface area contributed by atoms with E-state index in [9.17, 15) is 4.79 Å². The summed E-state index contributed by atoms with van der Waals surface area (Å²) in [5, 5.41) is 2.15. The molecular formula is C20H31N3OS. The molecule has 2 bridgehead atoms. The number of nitrogens with two attached hydrogens (primary N) is 1. The smallest absolute Gasteiger partial charge is 0.225 e. The Morgan fingerprint density at radius 2 is 1.88 bits per heavy atom. The molecule has 1 aromatic rings. The first-order valence-corrected chi connectivity index (χ1v) is 10.9. The molecule has 2 atom stereocenters. The lowest BCUT2D eigenvalue weighted by Gasteiger charge is -2.45. The number of amides is 1. The van der Waals surface area contributed by atoms with Crippen LogP contribution >= 0.6 is 11.3 Å². The summed E-state index contributed by atoms with van der Waals surface area (Å²) in [4.78, 5) is 19.1. The summed E-state index contributed by atoms with van der Waals surface area (Å²) < 4.78 is 0. The maximum Gasteiger partial charge on any atom is 0.225 e. The van der Waals surface area contributed by atoms with Gasteiger partial charge in [-0.05, 0) is 55.4 Å². The average molecular weight is 362 g/mol. The van der Waals surface area contributed by atoms with Gasteiger partial charge in [0.25, 0.3) is 0 Å². The lowest BCUT2D eigenvalue weighted by Crippen LogP contribution is -2.53. The molecule has 1 amide bonds.